The monoisotopic (exact) mass is 577 g/mol. The summed E-state index contributed by atoms with van der Waals surface area (Å²) >= 11 is 1.05. The number of ether oxygens (including phenoxy) is 2. The molecule has 0 heterocycles. The van der Waals surface area contributed by atoms with Gasteiger partial charge in [0.25, 0.3) is 0 Å². The van der Waals surface area contributed by atoms with Gasteiger partial charge < -0.3 is 14.0 Å². The molecule has 4 atom stereocenters. The molecule has 0 amide bonds. The van der Waals surface area contributed by atoms with Gasteiger partial charge in [-0.1, -0.05) is 128 Å². The third-order valence-corrected chi connectivity index (χ3v) is 9.09. The van der Waals surface area contributed by atoms with Crippen molar-refractivity contribution in [2.75, 3.05) is 19.0 Å². The van der Waals surface area contributed by atoms with Crippen LogP contribution in [-0.4, -0.2) is 41.7 Å². The van der Waals surface area contributed by atoms with Gasteiger partial charge in [0.1, 0.15) is 0 Å². The van der Waals surface area contributed by atoms with Crippen LogP contribution in [0.15, 0.2) is 0 Å². The predicted octanol–water partition coefficient (Wildman–Crippen LogP) is 8.97. The molecule has 224 valence electrons. The Labute approximate surface area is 239 Å². The maximum atomic E-state index is 12.5. The van der Waals surface area contributed by atoms with E-state index in [1.165, 1.54) is 103 Å². The van der Waals surface area contributed by atoms with Gasteiger partial charge in [-0.25, -0.2) is 4.79 Å². The summed E-state index contributed by atoms with van der Waals surface area (Å²) < 4.78 is 28.0. The van der Waals surface area contributed by atoms with E-state index in [9.17, 15) is 14.5 Å². The van der Waals surface area contributed by atoms with Gasteiger partial charge in [0.05, 0.1) is 24.8 Å². The first-order valence-electron chi connectivity index (χ1n) is 15.7. The molecule has 8 heteroatoms. The first kappa shape index (κ1) is 35.8. The van der Waals surface area contributed by atoms with E-state index in [1.807, 2.05) is 6.92 Å². The highest BCUT2D eigenvalue weighted by molar-refractivity contribution is 7.95. The third kappa shape index (κ3) is 16.8. The topological polar surface area (TPSA) is 82.1 Å². The molecule has 1 rings (SSSR count). The molecular weight excluding hydrogens is 519 g/mol. The minimum absolute atomic E-state index is 0.0241. The van der Waals surface area contributed by atoms with Crippen molar-refractivity contribution in [3.05, 3.63) is 0 Å². The Balaban J connectivity index is 2.29. The van der Waals surface area contributed by atoms with Crippen molar-refractivity contribution in [3.8, 4) is 0 Å². The van der Waals surface area contributed by atoms with Gasteiger partial charge in [0, 0.05) is 12.4 Å². The highest BCUT2D eigenvalue weighted by atomic mass is 32.2. The van der Waals surface area contributed by atoms with Crippen LogP contribution < -0.4 is 0 Å². The number of aliphatic hydroxyl groups is 1. The summed E-state index contributed by atoms with van der Waals surface area (Å²) in [7, 11) is -1.37. The number of rotatable bonds is 24. The fraction of sp³-hybridized carbons (Fsp3) is 0.967. The van der Waals surface area contributed by atoms with E-state index in [1.54, 1.807) is 0 Å². The molecule has 1 fully saturated rings. The zero-order valence-electron chi connectivity index (χ0n) is 24.7. The van der Waals surface area contributed by atoms with Crippen molar-refractivity contribution >= 4 is 26.5 Å². The second-order valence-corrected chi connectivity index (χ2v) is 12.9. The molecule has 1 saturated carbocycles. The van der Waals surface area contributed by atoms with Crippen LogP contribution in [0, 0.1) is 11.8 Å². The smallest absolute Gasteiger partial charge is 0.384 e. The van der Waals surface area contributed by atoms with Gasteiger partial charge in [-0.2, -0.15) is 0 Å². The van der Waals surface area contributed by atoms with Gasteiger partial charge in [0.2, 0.25) is 0 Å². The minimum atomic E-state index is -2.44. The Morgan fingerprint density at radius 2 is 1.53 bits per heavy atom. The summed E-state index contributed by atoms with van der Waals surface area (Å²) in [5, 5.41) is 10.5. The minimum Gasteiger partial charge on any atom is -0.384 e. The quantitative estimate of drug-likeness (QED) is 0.0403. The van der Waals surface area contributed by atoms with Gasteiger partial charge in [-0.05, 0) is 31.6 Å². The molecule has 0 aromatic heterocycles. The molecule has 6 nitrogen and oxygen atoms in total. The largest absolute Gasteiger partial charge is 0.471 e. The van der Waals surface area contributed by atoms with E-state index >= 15 is 0 Å². The number of hydrogen-bond acceptors (Lipinski definition) is 7. The van der Waals surface area contributed by atoms with Gasteiger partial charge >= 0.3 is 20.0 Å². The molecule has 0 aliphatic heterocycles. The highest BCUT2D eigenvalue weighted by Gasteiger charge is 2.50. The van der Waals surface area contributed by atoms with Crippen molar-refractivity contribution in [1.82, 2.24) is 0 Å². The van der Waals surface area contributed by atoms with E-state index < -0.39 is 20.0 Å². The summed E-state index contributed by atoms with van der Waals surface area (Å²) in [4.78, 5) is 12.5. The van der Waals surface area contributed by atoms with Gasteiger partial charge in [-0.3, -0.25) is 4.74 Å². The van der Waals surface area contributed by atoms with Gasteiger partial charge in [-0.15, -0.1) is 0 Å². The maximum Gasteiger partial charge on any atom is 0.471 e. The molecule has 0 bridgehead atoms. The average Bonchev–Trinajstić information content (AvgIpc) is 3.21. The van der Waals surface area contributed by atoms with E-state index in [0.29, 0.717) is 18.3 Å². The Morgan fingerprint density at radius 1 is 0.921 bits per heavy atom. The van der Waals surface area contributed by atoms with Crippen LogP contribution in [0.25, 0.3) is 0 Å². The lowest BCUT2D eigenvalue weighted by molar-refractivity contribution is -0.192. The zero-order chi connectivity index (χ0) is 27.9. The summed E-state index contributed by atoms with van der Waals surface area (Å²) in [6.45, 7) is 6.88. The Kier molecular flexibility index (Phi) is 22.2. The molecule has 4 unspecified atom stereocenters. The van der Waals surface area contributed by atoms with Crippen LogP contribution >= 0.6 is 20.5 Å². The van der Waals surface area contributed by atoms with Crippen molar-refractivity contribution in [1.29, 1.82) is 0 Å². The van der Waals surface area contributed by atoms with Crippen molar-refractivity contribution < 1.29 is 28.1 Å². The standard InChI is InChI=1S/C30H57O6PS/c1-4-6-8-9-10-11-14-18-23-34-26(3)25-35-30(32,37-33)29(31)36-38-24-22-28(19-15-7-5-2)27-20-16-12-13-17-21-27/h26-28,32H,4-25H2,1-3H3/p+1. The van der Waals surface area contributed by atoms with Crippen molar-refractivity contribution in [3.63, 3.8) is 0 Å². The van der Waals surface area contributed by atoms with E-state index in [2.05, 4.69) is 13.8 Å². The van der Waals surface area contributed by atoms with Crippen LogP contribution in [0.1, 0.15) is 143 Å². The van der Waals surface area contributed by atoms with Crippen LogP contribution in [0.4, 0.5) is 0 Å². The predicted molar refractivity (Wildman–Crippen MR) is 160 cm³/mol. The number of unbranched alkanes of at least 4 members (excludes halogenated alkanes) is 9. The van der Waals surface area contributed by atoms with Crippen LogP contribution in [0.3, 0.4) is 0 Å². The van der Waals surface area contributed by atoms with Crippen molar-refractivity contribution in [2.24, 2.45) is 11.8 Å². The number of carbonyl (C=O) groups excluding carboxylic acids is 1. The summed E-state index contributed by atoms with van der Waals surface area (Å²) in [5.74, 6) is 1.10. The molecule has 1 N–H and O–H groups in total. The molecule has 0 aromatic rings. The second kappa shape index (κ2) is 23.5. The lowest BCUT2D eigenvalue weighted by atomic mass is 9.81. The van der Waals surface area contributed by atoms with E-state index in [0.717, 1.165) is 37.2 Å². The lowest BCUT2D eigenvalue weighted by Crippen LogP contribution is -2.38. The first-order chi connectivity index (χ1) is 18.5. The summed E-state index contributed by atoms with van der Waals surface area (Å²) in [5.41, 5.74) is -2.44. The first-order valence-corrected chi connectivity index (χ1v) is 17.5. The van der Waals surface area contributed by atoms with Crippen LogP contribution in [-0.2, 0) is 23.0 Å². The Hall–Kier alpha value is -0.200. The number of hydrogen-bond donors (Lipinski definition) is 1. The SMILES string of the molecule is CCCCCCCCCCOC(C)COC(O)([PH+]=O)C(=O)OSCCC(CCCCC)C1CCCCCC1. The van der Waals surface area contributed by atoms with Gasteiger partial charge in [0.15, 0.2) is 0 Å². The summed E-state index contributed by atoms with van der Waals surface area (Å²) in [6, 6.07) is 0. The normalized spacial score (nSPS) is 18.1. The molecule has 38 heavy (non-hydrogen) atoms. The van der Waals surface area contributed by atoms with E-state index in [4.69, 9.17) is 13.7 Å². The maximum absolute atomic E-state index is 12.5. The molecular formula is C30H58O6PS+. The zero-order valence-corrected chi connectivity index (χ0v) is 26.5. The second-order valence-electron chi connectivity index (χ2n) is 11.2. The third-order valence-electron chi connectivity index (χ3n) is 7.79. The van der Waals surface area contributed by atoms with E-state index in [-0.39, 0.29) is 12.7 Å². The molecule has 0 aromatic carbocycles. The fourth-order valence-corrected chi connectivity index (χ4v) is 6.40. The molecule has 0 spiro atoms. The lowest BCUT2D eigenvalue weighted by Gasteiger charge is -2.26. The Bertz CT molecular complexity index is 587. The Morgan fingerprint density at radius 3 is 2.16 bits per heavy atom. The van der Waals surface area contributed by atoms with Crippen molar-refractivity contribution in [2.45, 2.75) is 154 Å². The summed E-state index contributed by atoms with van der Waals surface area (Å²) in [6.07, 6.45) is 23.5. The fourth-order valence-electron chi connectivity index (χ4n) is 5.34. The molecule has 1 aliphatic rings. The molecule has 0 saturated heterocycles. The number of carbonyl (C=O) groups is 1. The molecule has 1 aliphatic carbocycles. The van der Waals surface area contributed by atoms with Crippen LogP contribution in [0.2, 0.25) is 0 Å². The van der Waals surface area contributed by atoms with Crippen LogP contribution in [0.5, 0.6) is 0 Å². The molecule has 0 radical (unpaired) electrons. The average molecular weight is 578 g/mol. The highest BCUT2D eigenvalue weighted by Crippen LogP contribution is 2.35.